The Bertz CT molecular complexity index is 377. The van der Waals surface area contributed by atoms with Crippen LogP contribution in [-0.2, 0) is 13.0 Å². The average Bonchev–Trinajstić information content (AvgIpc) is 2.92. The molecule has 114 valence electrons. The summed E-state index contributed by atoms with van der Waals surface area (Å²) in [4.78, 5) is 4.47. The van der Waals surface area contributed by atoms with Gasteiger partial charge in [0, 0.05) is 41.5 Å². The lowest BCUT2D eigenvalue weighted by molar-refractivity contribution is 0.473. The Morgan fingerprint density at radius 2 is 2.30 bits per heavy atom. The van der Waals surface area contributed by atoms with E-state index >= 15 is 0 Å². The molecule has 0 radical (unpaired) electrons. The Hall–Kier alpha value is -0.200. The highest BCUT2D eigenvalue weighted by molar-refractivity contribution is 8.06. The van der Waals surface area contributed by atoms with E-state index < -0.39 is 0 Å². The van der Waals surface area contributed by atoms with E-state index in [0.717, 1.165) is 31.8 Å². The Balaban J connectivity index is 1.99. The SMILES string of the molecule is CCCNC(Cc1ncnn1CCC)C1CSCCS1. The predicted octanol–water partition coefficient (Wildman–Crippen LogP) is 2.45. The van der Waals surface area contributed by atoms with Crippen molar-refractivity contribution in [1.82, 2.24) is 20.1 Å². The summed E-state index contributed by atoms with van der Waals surface area (Å²) >= 11 is 4.21. The molecule has 2 unspecified atom stereocenters. The summed E-state index contributed by atoms with van der Waals surface area (Å²) in [7, 11) is 0. The van der Waals surface area contributed by atoms with E-state index in [9.17, 15) is 0 Å². The lowest BCUT2D eigenvalue weighted by Gasteiger charge is -2.30. The fraction of sp³-hybridized carbons (Fsp3) is 0.857. The molecular weight excluding hydrogens is 288 g/mol. The van der Waals surface area contributed by atoms with Gasteiger partial charge in [-0.25, -0.2) is 4.98 Å². The van der Waals surface area contributed by atoms with E-state index in [1.807, 2.05) is 0 Å². The molecule has 0 saturated carbocycles. The third kappa shape index (κ3) is 4.67. The molecule has 0 bridgehead atoms. The van der Waals surface area contributed by atoms with Gasteiger partial charge in [0.2, 0.25) is 0 Å². The zero-order valence-electron chi connectivity index (χ0n) is 12.5. The van der Waals surface area contributed by atoms with E-state index in [1.54, 1.807) is 6.33 Å². The largest absolute Gasteiger partial charge is 0.312 e. The Kier molecular flexibility index (Phi) is 7.24. The molecule has 1 fully saturated rings. The van der Waals surface area contributed by atoms with E-state index in [2.05, 4.69) is 57.5 Å². The van der Waals surface area contributed by atoms with Crippen LogP contribution in [0.2, 0.25) is 0 Å². The summed E-state index contributed by atoms with van der Waals surface area (Å²) in [6, 6.07) is 0.521. The Morgan fingerprint density at radius 3 is 3.00 bits per heavy atom. The van der Waals surface area contributed by atoms with Crippen molar-refractivity contribution in [2.45, 2.75) is 50.9 Å². The minimum atomic E-state index is 0.521. The number of aryl methyl sites for hydroxylation is 1. The molecular formula is C14H26N4S2. The number of hydrogen-bond acceptors (Lipinski definition) is 5. The molecule has 6 heteroatoms. The molecule has 1 aromatic heterocycles. The van der Waals surface area contributed by atoms with Gasteiger partial charge in [-0.05, 0) is 19.4 Å². The van der Waals surface area contributed by atoms with Gasteiger partial charge in [0.1, 0.15) is 12.2 Å². The lowest BCUT2D eigenvalue weighted by Crippen LogP contribution is -2.43. The van der Waals surface area contributed by atoms with Gasteiger partial charge in [-0.1, -0.05) is 13.8 Å². The van der Waals surface area contributed by atoms with Crippen molar-refractivity contribution in [2.24, 2.45) is 0 Å². The second kappa shape index (κ2) is 8.95. The normalized spacial score (nSPS) is 21.0. The number of thioether (sulfide) groups is 2. The zero-order chi connectivity index (χ0) is 14.2. The van der Waals surface area contributed by atoms with Crippen molar-refractivity contribution in [3.05, 3.63) is 12.2 Å². The van der Waals surface area contributed by atoms with Crippen LogP contribution in [0.3, 0.4) is 0 Å². The molecule has 1 saturated heterocycles. The highest BCUT2D eigenvalue weighted by atomic mass is 32.2. The van der Waals surface area contributed by atoms with Gasteiger partial charge in [-0.15, -0.1) is 0 Å². The van der Waals surface area contributed by atoms with Gasteiger partial charge in [-0.2, -0.15) is 28.6 Å². The topological polar surface area (TPSA) is 42.7 Å². The van der Waals surface area contributed by atoms with Crippen molar-refractivity contribution >= 4 is 23.5 Å². The summed E-state index contributed by atoms with van der Waals surface area (Å²) < 4.78 is 2.07. The van der Waals surface area contributed by atoms with Crippen LogP contribution in [0, 0.1) is 0 Å². The second-order valence-electron chi connectivity index (χ2n) is 5.15. The van der Waals surface area contributed by atoms with Crippen LogP contribution >= 0.6 is 23.5 Å². The van der Waals surface area contributed by atoms with Crippen LogP contribution in [0.4, 0.5) is 0 Å². The van der Waals surface area contributed by atoms with Crippen LogP contribution in [0.25, 0.3) is 0 Å². The highest BCUT2D eigenvalue weighted by Crippen LogP contribution is 2.27. The first kappa shape index (κ1) is 16.2. The summed E-state index contributed by atoms with van der Waals surface area (Å²) in [5.41, 5.74) is 0. The van der Waals surface area contributed by atoms with Crippen LogP contribution < -0.4 is 5.32 Å². The third-order valence-electron chi connectivity index (χ3n) is 3.48. The molecule has 20 heavy (non-hydrogen) atoms. The number of hydrogen-bond donors (Lipinski definition) is 1. The van der Waals surface area contributed by atoms with Gasteiger partial charge < -0.3 is 5.32 Å². The highest BCUT2D eigenvalue weighted by Gasteiger charge is 2.25. The number of aromatic nitrogens is 3. The van der Waals surface area contributed by atoms with Crippen LogP contribution in [0.1, 0.15) is 32.5 Å². The molecule has 0 aromatic carbocycles. The molecule has 1 aliphatic rings. The van der Waals surface area contributed by atoms with Crippen molar-refractivity contribution in [1.29, 1.82) is 0 Å². The van der Waals surface area contributed by atoms with Crippen LogP contribution in [0.15, 0.2) is 6.33 Å². The van der Waals surface area contributed by atoms with Crippen molar-refractivity contribution < 1.29 is 0 Å². The smallest absolute Gasteiger partial charge is 0.138 e. The van der Waals surface area contributed by atoms with Gasteiger partial charge >= 0.3 is 0 Å². The molecule has 0 amide bonds. The van der Waals surface area contributed by atoms with E-state index in [4.69, 9.17) is 0 Å². The number of nitrogens with one attached hydrogen (secondary N) is 1. The molecule has 1 aliphatic heterocycles. The first-order chi connectivity index (χ1) is 9.85. The molecule has 2 rings (SSSR count). The lowest BCUT2D eigenvalue weighted by atomic mass is 10.1. The predicted molar refractivity (Wildman–Crippen MR) is 89.7 cm³/mol. The molecule has 4 nitrogen and oxygen atoms in total. The Morgan fingerprint density at radius 1 is 1.40 bits per heavy atom. The minimum Gasteiger partial charge on any atom is -0.312 e. The fourth-order valence-corrected chi connectivity index (χ4v) is 5.33. The molecule has 0 spiro atoms. The monoisotopic (exact) mass is 314 g/mol. The van der Waals surface area contributed by atoms with Crippen molar-refractivity contribution in [3.8, 4) is 0 Å². The summed E-state index contributed by atoms with van der Waals surface area (Å²) in [6.07, 6.45) is 4.99. The quantitative estimate of drug-likeness (QED) is 0.798. The first-order valence-corrected chi connectivity index (χ1v) is 9.84. The van der Waals surface area contributed by atoms with Gasteiger partial charge in [0.15, 0.2) is 0 Å². The average molecular weight is 315 g/mol. The molecule has 2 heterocycles. The first-order valence-electron chi connectivity index (χ1n) is 7.64. The molecule has 2 atom stereocenters. The fourth-order valence-electron chi connectivity index (χ4n) is 2.44. The van der Waals surface area contributed by atoms with E-state index in [1.165, 1.54) is 23.7 Å². The van der Waals surface area contributed by atoms with Gasteiger partial charge in [-0.3, -0.25) is 4.68 Å². The molecule has 1 N–H and O–H groups in total. The van der Waals surface area contributed by atoms with Gasteiger partial charge in [0.05, 0.1) is 0 Å². The van der Waals surface area contributed by atoms with Crippen LogP contribution in [-0.4, -0.2) is 49.9 Å². The van der Waals surface area contributed by atoms with Crippen molar-refractivity contribution in [3.63, 3.8) is 0 Å². The van der Waals surface area contributed by atoms with Crippen LogP contribution in [0.5, 0.6) is 0 Å². The third-order valence-corrected chi connectivity index (χ3v) is 6.40. The molecule has 0 aliphatic carbocycles. The summed E-state index contributed by atoms with van der Waals surface area (Å²) in [6.45, 7) is 6.48. The van der Waals surface area contributed by atoms with E-state index in [0.29, 0.717) is 11.3 Å². The summed E-state index contributed by atoms with van der Waals surface area (Å²) in [5, 5.41) is 8.78. The van der Waals surface area contributed by atoms with Crippen molar-refractivity contribution in [2.75, 3.05) is 23.8 Å². The van der Waals surface area contributed by atoms with E-state index in [-0.39, 0.29) is 0 Å². The maximum absolute atomic E-state index is 4.47. The summed E-state index contributed by atoms with van der Waals surface area (Å²) in [5.74, 6) is 4.97. The number of nitrogens with zero attached hydrogens (tertiary/aromatic N) is 3. The second-order valence-corrected chi connectivity index (χ2v) is 7.65. The minimum absolute atomic E-state index is 0.521. The van der Waals surface area contributed by atoms with Gasteiger partial charge in [0.25, 0.3) is 0 Å². The standard InChI is InChI=1S/C14H26N4S2/c1-3-5-15-12(13-10-19-7-8-20-13)9-14-16-11-17-18(14)6-4-2/h11-13,15H,3-10H2,1-2H3. The maximum atomic E-state index is 4.47. The Labute approximate surface area is 130 Å². The number of rotatable bonds is 8. The zero-order valence-corrected chi connectivity index (χ0v) is 14.2. The maximum Gasteiger partial charge on any atom is 0.138 e. The molecule has 1 aromatic rings.